The Morgan fingerprint density at radius 3 is 2.24 bits per heavy atom. The standard InChI is InChI=1S/C29H32N6O5S/c1-19-8-7-13-35(19)18-27(36)30-20-9-6-10-24(16-20)41(37,38)34-29-28(32-25-11-4-5-12-26(25)33-29)31-21-14-22(39-2)17-23(15-21)40-3/h4-6,9-12,14-17,19H,7-8,13,18H2,1-3H3,(H,30,36)(H,31,32)(H,33,34). The van der Waals surface area contributed by atoms with Crippen LogP contribution in [0.25, 0.3) is 11.0 Å². The van der Waals surface area contributed by atoms with Gasteiger partial charge in [0.1, 0.15) is 11.5 Å². The van der Waals surface area contributed by atoms with E-state index in [1.807, 2.05) is 6.07 Å². The molecule has 0 spiro atoms. The van der Waals surface area contributed by atoms with Crippen LogP contribution in [-0.4, -0.2) is 62.5 Å². The summed E-state index contributed by atoms with van der Waals surface area (Å²) in [6, 6.07) is 18.8. The van der Waals surface area contributed by atoms with E-state index in [2.05, 4.69) is 37.1 Å². The lowest BCUT2D eigenvalue weighted by Gasteiger charge is -2.20. The Bertz CT molecular complexity index is 1660. The van der Waals surface area contributed by atoms with Crippen molar-refractivity contribution in [2.45, 2.75) is 30.7 Å². The van der Waals surface area contributed by atoms with Crippen LogP contribution in [-0.2, 0) is 14.8 Å². The molecule has 0 bridgehead atoms. The van der Waals surface area contributed by atoms with Crippen LogP contribution in [0.5, 0.6) is 11.5 Å². The second kappa shape index (κ2) is 12.0. The molecule has 4 aromatic rings. The van der Waals surface area contributed by atoms with Gasteiger partial charge in [-0.3, -0.25) is 14.4 Å². The molecule has 1 fully saturated rings. The van der Waals surface area contributed by atoms with Crippen LogP contribution in [0.1, 0.15) is 19.8 Å². The first-order chi connectivity index (χ1) is 19.7. The summed E-state index contributed by atoms with van der Waals surface area (Å²) in [5.74, 6) is 1.08. The number of carbonyl (C=O) groups is 1. The van der Waals surface area contributed by atoms with Gasteiger partial charge in [0, 0.05) is 35.6 Å². The molecule has 1 aliphatic rings. The smallest absolute Gasteiger partial charge is 0.263 e. The Morgan fingerprint density at radius 2 is 1.61 bits per heavy atom. The van der Waals surface area contributed by atoms with Crippen LogP contribution >= 0.6 is 0 Å². The number of carbonyl (C=O) groups excluding carboxylic acids is 1. The lowest BCUT2D eigenvalue weighted by Crippen LogP contribution is -2.35. The minimum atomic E-state index is -4.12. The minimum absolute atomic E-state index is 0.00273. The van der Waals surface area contributed by atoms with E-state index in [4.69, 9.17) is 9.47 Å². The maximum absolute atomic E-state index is 13.5. The van der Waals surface area contributed by atoms with Crippen molar-refractivity contribution in [1.29, 1.82) is 0 Å². The Balaban J connectivity index is 1.42. The van der Waals surface area contributed by atoms with E-state index in [0.717, 1.165) is 19.4 Å². The molecule has 0 radical (unpaired) electrons. The van der Waals surface area contributed by atoms with E-state index in [-0.39, 0.29) is 29.0 Å². The van der Waals surface area contributed by atoms with Gasteiger partial charge in [0.05, 0.1) is 36.7 Å². The molecule has 1 amide bonds. The molecule has 3 N–H and O–H groups in total. The van der Waals surface area contributed by atoms with Crippen LogP contribution in [0.15, 0.2) is 71.6 Å². The molecule has 2 heterocycles. The first-order valence-corrected chi connectivity index (χ1v) is 14.7. The molecular formula is C29H32N6O5S. The van der Waals surface area contributed by atoms with Crippen LogP contribution in [0, 0.1) is 0 Å². The van der Waals surface area contributed by atoms with E-state index in [1.54, 1.807) is 48.5 Å². The third-order valence-corrected chi connectivity index (χ3v) is 8.22. The van der Waals surface area contributed by atoms with Crippen LogP contribution in [0.2, 0.25) is 0 Å². The number of rotatable bonds is 10. The highest BCUT2D eigenvalue weighted by atomic mass is 32.2. The SMILES string of the molecule is COc1cc(Nc2nc3ccccc3nc2NS(=O)(=O)c2cccc(NC(=O)CN3CCCC3C)c2)cc(OC)c1. The highest BCUT2D eigenvalue weighted by Gasteiger charge is 2.23. The van der Waals surface area contributed by atoms with Crippen molar-refractivity contribution >= 4 is 50.0 Å². The molecule has 41 heavy (non-hydrogen) atoms. The lowest BCUT2D eigenvalue weighted by atomic mass is 10.2. The number of para-hydroxylation sites is 2. The normalized spacial score (nSPS) is 15.4. The monoisotopic (exact) mass is 576 g/mol. The van der Waals surface area contributed by atoms with Gasteiger partial charge in [-0.1, -0.05) is 18.2 Å². The number of aromatic nitrogens is 2. The number of benzene rings is 3. The molecule has 5 rings (SSSR count). The van der Waals surface area contributed by atoms with E-state index in [9.17, 15) is 13.2 Å². The number of hydrogen-bond acceptors (Lipinski definition) is 9. The Hall–Kier alpha value is -4.42. The zero-order valence-corrected chi connectivity index (χ0v) is 23.9. The highest BCUT2D eigenvalue weighted by molar-refractivity contribution is 7.92. The zero-order chi connectivity index (χ0) is 29.0. The number of sulfonamides is 1. The summed E-state index contributed by atoms with van der Waals surface area (Å²) >= 11 is 0. The van der Waals surface area contributed by atoms with Gasteiger partial charge in [0.2, 0.25) is 5.91 Å². The molecule has 1 saturated heterocycles. The van der Waals surface area contributed by atoms with E-state index >= 15 is 0 Å². The van der Waals surface area contributed by atoms with Crippen LogP contribution in [0.4, 0.5) is 23.0 Å². The van der Waals surface area contributed by atoms with E-state index < -0.39 is 10.0 Å². The fourth-order valence-corrected chi connectivity index (χ4v) is 5.77. The van der Waals surface area contributed by atoms with Gasteiger partial charge in [-0.25, -0.2) is 18.4 Å². The van der Waals surface area contributed by atoms with Gasteiger partial charge < -0.3 is 20.1 Å². The topological polar surface area (TPSA) is 135 Å². The number of nitrogens with zero attached hydrogens (tertiary/aromatic N) is 3. The van der Waals surface area contributed by atoms with Crippen LogP contribution < -0.4 is 24.8 Å². The third-order valence-electron chi connectivity index (χ3n) is 6.88. The van der Waals surface area contributed by atoms with Crippen molar-refractivity contribution < 1.29 is 22.7 Å². The quantitative estimate of drug-likeness (QED) is 0.247. The largest absolute Gasteiger partial charge is 0.497 e. The Morgan fingerprint density at radius 1 is 0.927 bits per heavy atom. The average molecular weight is 577 g/mol. The van der Waals surface area contributed by atoms with Crippen molar-refractivity contribution in [2.75, 3.05) is 42.7 Å². The van der Waals surface area contributed by atoms with E-state index in [1.165, 1.54) is 26.4 Å². The molecule has 214 valence electrons. The highest BCUT2D eigenvalue weighted by Crippen LogP contribution is 2.31. The predicted molar refractivity (Wildman–Crippen MR) is 159 cm³/mol. The molecule has 1 aliphatic heterocycles. The summed E-state index contributed by atoms with van der Waals surface area (Å²) in [6.07, 6.45) is 2.13. The number of likely N-dealkylation sites (tertiary alicyclic amines) is 1. The second-order valence-corrected chi connectivity index (χ2v) is 11.5. The molecule has 1 aromatic heterocycles. The van der Waals surface area contributed by atoms with Gasteiger partial charge in [-0.05, 0) is 56.6 Å². The molecule has 12 heteroatoms. The number of amides is 1. The molecule has 11 nitrogen and oxygen atoms in total. The van der Waals surface area contributed by atoms with E-state index in [0.29, 0.717) is 39.9 Å². The molecule has 1 unspecified atom stereocenters. The van der Waals surface area contributed by atoms with Crippen LogP contribution in [0.3, 0.4) is 0 Å². The van der Waals surface area contributed by atoms with Crippen molar-refractivity contribution in [3.63, 3.8) is 0 Å². The molecule has 0 aliphatic carbocycles. The van der Waals surface area contributed by atoms with Crippen molar-refractivity contribution in [1.82, 2.24) is 14.9 Å². The Kier molecular flexibility index (Phi) is 8.22. The van der Waals surface area contributed by atoms with Gasteiger partial charge >= 0.3 is 0 Å². The number of methoxy groups -OCH3 is 2. The Labute approximate surface area is 239 Å². The third kappa shape index (κ3) is 6.67. The second-order valence-electron chi connectivity index (χ2n) is 9.78. The number of anilines is 4. The van der Waals surface area contributed by atoms with Gasteiger partial charge in [-0.15, -0.1) is 0 Å². The van der Waals surface area contributed by atoms with Crippen molar-refractivity contribution in [2.24, 2.45) is 0 Å². The summed E-state index contributed by atoms with van der Waals surface area (Å²) in [5, 5.41) is 5.96. The summed E-state index contributed by atoms with van der Waals surface area (Å²) in [7, 11) is -1.04. The molecular weight excluding hydrogens is 544 g/mol. The lowest BCUT2D eigenvalue weighted by molar-refractivity contribution is -0.117. The maximum atomic E-state index is 13.5. The minimum Gasteiger partial charge on any atom is -0.497 e. The fraction of sp³-hybridized carbons (Fsp3) is 0.276. The first-order valence-electron chi connectivity index (χ1n) is 13.2. The predicted octanol–water partition coefficient (Wildman–Crippen LogP) is 4.61. The molecule has 3 aromatic carbocycles. The summed E-state index contributed by atoms with van der Waals surface area (Å²) < 4.78 is 40.4. The summed E-state index contributed by atoms with van der Waals surface area (Å²) in [4.78, 5) is 23.9. The van der Waals surface area contributed by atoms with Crippen molar-refractivity contribution in [3.05, 3.63) is 66.7 Å². The molecule has 1 atom stereocenters. The summed E-state index contributed by atoms with van der Waals surface area (Å²) in [5.41, 5.74) is 2.03. The van der Waals surface area contributed by atoms with Crippen molar-refractivity contribution in [3.8, 4) is 11.5 Å². The number of hydrogen-bond donors (Lipinski definition) is 3. The maximum Gasteiger partial charge on any atom is 0.263 e. The number of ether oxygens (including phenoxy) is 2. The summed E-state index contributed by atoms with van der Waals surface area (Å²) in [6.45, 7) is 3.23. The fourth-order valence-electron chi connectivity index (χ4n) is 4.71. The first kappa shape index (κ1) is 28.1. The number of fused-ring (bicyclic) bond motifs is 1. The van der Waals surface area contributed by atoms with Gasteiger partial charge in [0.25, 0.3) is 10.0 Å². The van der Waals surface area contributed by atoms with Gasteiger partial charge in [0.15, 0.2) is 11.6 Å². The number of nitrogens with one attached hydrogen (secondary N) is 3. The average Bonchev–Trinajstić information content (AvgIpc) is 3.36. The van der Waals surface area contributed by atoms with Gasteiger partial charge in [-0.2, -0.15) is 0 Å². The zero-order valence-electron chi connectivity index (χ0n) is 23.0. The molecule has 0 saturated carbocycles.